The molecule has 7 atom stereocenters. The highest BCUT2D eigenvalue weighted by Crippen LogP contribution is 2.29. The number of carbonyl (C=O) groups is 4. The number of carboxylic acid groups (broad SMARTS) is 1. The Balaban J connectivity index is 6.32. The molecule has 0 rings (SSSR count). The van der Waals surface area contributed by atoms with Crippen LogP contribution in [0.2, 0.25) is 0 Å². The lowest BCUT2D eigenvalue weighted by Gasteiger charge is -2.37. The average Bonchev–Trinajstić information content (AvgIpc) is 2.80. The molecule has 1 amide bonds. The molecule has 11 nitrogen and oxygen atoms in total. The fourth-order valence-corrected chi connectivity index (χ4v) is 4.53. The van der Waals surface area contributed by atoms with Crippen molar-refractivity contribution in [1.82, 2.24) is 15.5 Å². The summed E-state index contributed by atoms with van der Waals surface area (Å²) in [5, 5.41) is 35.5. The minimum absolute atomic E-state index is 0.352. The number of nitrogens with zero attached hydrogens (tertiary/aromatic N) is 1. The molecular formula is C26H49N3O8. The summed E-state index contributed by atoms with van der Waals surface area (Å²) in [6.07, 6.45) is -0.249. The van der Waals surface area contributed by atoms with E-state index < -0.39 is 66.5 Å². The summed E-state index contributed by atoms with van der Waals surface area (Å²) in [6.45, 7) is 8.34. The normalized spacial score (nSPS) is 18.0. The van der Waals surface area contributed by atoms with Crippen LogP contribution in [0.5, 0.6) is 0 Å². The van der Waals surface area contributed by atoms with E-state index in [4.69, 9.17) is 4.74 Å². The number of aliphatic hydroxyl groups excluding tert-OH is 2. The summed E-state index contributed by atoms with van der Waals surface area (Å²) in [5.41, 5.74) is -2.30. The van der Waals surface area contributed by atoms with E-state index in [2.05, 4.69) is 10.6 Å². The van der Waals surface area contributed by atoms with Gasteiger partial charge in [0.2, 0.25) is 11.5 Å². The summed E-state index contributed by atoms with van der Waals surface area (Å²) in [5.74, 6) is -3.68. The van der Waals surface area contributed by atoms with E-state index in [1.165, 1.54) is 18.9 Å². The van der Waals surface area contributed by atoms with Crippen LogP contribution in [-0.2, 0) is 23.9 Å². The number of likely N-dealkylation sites (N-methyl/N-ethyl adjacent to an activating group) is 3. The summed E-state index contributed by atoms with van der Waals surface area (Å²) in [7, 11) is 4.66. The molecule has 11 heteroatoms. The first-order chi connectivity index (χ1) is 17.2. The number of nitrogens with one attached hydrogen (secondary N) is 2. The van der Waals surface area contributed by atoms with Gasteiger partial charge in [0.25, 0.3) is 0 Å². The van der Waals surface area contributed by atoms with E-state index in [1.807, 2.05) is 6.92 Å². The molecule has 0 aliphatic heterocycles. The van der Waals surface area contributed by atoms with Gasteiger partial charge in [-0.15, -0.1) is 0 Å². The van der Waals surface area contributed by atoms with E-state index >= 15 is 0 Å². The third kappa shape index (κ3) is 11.1. The van der Waals surface area contributed by atoms with Gasteiger partial charge in [-0.2, -0.15) is 0 Å². The molecule has 0 aromatic heterocycles. The maximum atomic E-state index is 13.8. The Kier molecular flexibility index (Phi) is 15.8. The fourth-order valence-electron chi connectivity index (χ4n) is 4.53. The lowest BCUT2D eigenvalue weighted by molar-refractivity contribution is -0.186. The van der Waals surface area contributed by atoms with E-state index in [0.29, 0.717) is 32.1 Å². The Hall–Kier alpha value is -2.08. The Morgan fingerprint density at radius 3 is 1.97 bits per heavy atom. The number of ketones is 1. The second kappa shape index (κ2) is 16.7. The third-order valence-corrected chi connectivity index (χ3v) is 6.70. The van der Waals surface area contributed by atoms with Crippen LogP contribution in [0.15, 0.2) is 0 Å². The molecule has 0 saturated carbocycles. The SMILES string of the molecule is CCC[C@H](NC)C(=O)OC(CC(=O)[C@H]([C@H](C)CCCC(C)O)N(C)C(=O)[C@H](C)NC)(CC(C)O)C(=O)O. The Labute approximate surface area is 221 Å². The summed E-state index contributed by atoms with van der Waals surface area (Å²) in [4.78, 5) is 53.5. The number of Topliss-reactive ketones (excluding diaryl/α,β-unsaturated/α-hetero) is 1. The molecule has 0 spiro atoms. The molecule has 216 valence electrons. The Bertz CT molecular complexity index is 745. The number of aliphatic carboxylic acids is 1. The van der Waals surface area contributed by atoms with Gasteiger partial charge < -0.3 is 35.6 Å². The Morgan fingerprint density at radius 1 is 0.946 bits per heavy atom. The first-order valence-corrected chi connectivity index (χ1v) is 13.1. The fraction of sp³-hybridized carbons (Fsp3) is 0.846. The van der Waals surface area contributed by atoms with Gasteiger partial charge in [-0.1, -0.05) is 26.7 Å². The maximum Gasteiger partial charge on any atom is 0.348 e. The molecule has 0 radical (unpaired) electrons. The van der Waals surface area contributed by atoms with E-state index in [-0.39, 0.29) is 11.8 Å². The van der Waals surface area contributed by atoms with Gasteiger partial charge in [-0.05, 0) is 60.0 Å². The summed E-state index contributed by atoms with van der Waals surface area (Å²) < 4.78 is 5.51. The van der Waals surface area contributed by atoms with Gasteiger partial charge in [0.15, 0.2) is 5.78 Å². The number of esters is 1. The van der Waals surface area contributed by atoms with Crippen molar-refractivity contribution >= 4 is 23.6 Å². The van der Waals surface area contributed by atoms with Gasteiger partial charge in [0.1, 0.15) is 6.04 Å². The van der Waals surface area contributed by atoms with Crippen molar-refractivity contribution in [2.24, 2.45) is 5.92 Å². The van der Waals surface area contributed by atoms with Crippen LogP contribution in [0.4, 0.5) is 0 Å². The Morgan fingerprint density at radius 2 is 1.54 bits per heavy atom. The third-order valence-electron chi connectivity index (χ3n) is 6.70. The predicted octanol–water partition coefficient (Wildman–Crippen LogP) is 1.09. The van der Waals surface area contributed by atoms with Crippen molar-refractivity contribution < 1.29 is 39.2 Å². The van der Waals surface area contributed by atoms with E-state index in [1.54, 1.807) is 34.9 Å². The van der Waals surface area contributed by atoms with Crippen molar-refractivity contribution in [2.75, 3.05) is 21.1 Å². The van der Waals surface area contributed by atoms with Crippen LogP contribution in [-0.4, -0.2) is 101 Å². The molecule has 0 aromatic rings. The number of carbonyl (C=O) groups excluding carboxylic acids is 3. The molecule has 3 unspecified atom stereocenters. The molecule has 0 heterocycles. The zero-order chi connectivity index (χ0) is 28.9. The van der Waals surface area contributed by atoms with Crippen molar-refractivity contribution in [1.29, 1.82) is 0 Å². The highest BCUT2D eigenvalue weighted by atomic mass is 16.6. The molecule has 0 saturated heterocycles. The van der Waals surface area contributed by atoms with Crippen molar-refractivity contribution in [3.05, 3.63) is 0 Å². The topological polar surface area (TPSA) is 165 Å². The van der Waals surface area contributed by atoms with Crippen LogP contribution in [0, 0.1) is 5.92 Å². The quantitative estimate of drug-likeness (QED) is 0.152. The van der Waals surface area contributed by atoms with Crippen LogP contribution in [0.25, 0.3) is 0 Å². The number of aliphatic hydroxyl groups is 2. The molecular weight excluding hydrogens is 482 g/mol. The van der Waals surface area contributed by atoms with E-state index in [0.717, 1.165) is 0 Å². The van der Waals surface area contributed by atoms with Gasteiger partial charge >= 0.3 is 11.9 Å². The maximum absolute atomic E-state index is 13.8. The van der Waals surface area contributed by atoms with Crippen LogP contribution in [0.1, 0.15) is 79.6 Å². The predicted molar refractivity (Wildman–Crippen MR) is 140 cm³/mol. The molecule has 0 bridgehead atoms. The molecule has 0 aromatic carbocycles. The number of hydrogen-bond donors (Lipinski definition) is 5. The highest BCUT2D eigenvalue weighted by Gasteiger charge is 2.49. The molecule has 0 aliphatic carbocycles. The molecule has 0 aliphatic rings. The average molecular weight is 532 g/mol. The summed E-state index contributed by atoms with van der Waals surface area (Å²) >= 11 is 0. The zero-order valence-electron chi connectivity index (χ0n) is 23.7. The zero-order valence-corrected chi connectivity index (χ0v) is 23.7. The number of hydrogen-bond acceptors (Lipinski definition) is 9. The van der Waals surface area contributed by atoms with E-state index in [9.17, 15) is 34.5 Å². The minimum atomic E-state index is -2.30. The molecule has 0 fully saturated rings. The van der Waals surface area contributed by atoms with Gasteiger partial charge in [-0.25, -0.2) is 4.79 Å². The van der Waals surface area contributed by atoms with Crippen LogP contribution in [0.3, 0.4) is 0 Å². The molecule has 5 N–H and O–H groups in total. The van der Waals surface area contributed by atoms with Crippen LogP contribution >= 0.6 is 0 Å². The lowest BCUT2D eigenvalue weighted by Crippen LogP contribution is -2.56. The van der Waals surface area contributed by atoms with Gasteiger partial charge in [-0.3, -0.25) is 14.4 Å². The van der Waals surface area contributed by atoms with Gasteiger partial charge in [0, 0.05) is 13.5 Å². The van der Waals surface area contributed by atoms with Crippen molar-refractivity contribution in [3.8, 4) is 0 Å². The molecule has 37 heavy (non-hydrogen) atoms. The standard InChI is InChI=1S/C26H49N3O8/c1-9-11-20(28-7)24(34)37-26(25(35)36,14-18(4)31)15-21(32)22(16(2)12-10-13-17(3)30)29(8)23(33)19(5)27-6/h16-20,22,27-28,30-31H,9-15H2,1-8H3,(H,35,36)/t16-,17?,18?,19+,20+,22+,26?/m1/s1. The number of ether oxygens (including phenoxy) is 1. The van der Waals surface area contributed by atoms with Crippen LogP contribution < -0.4 is 10.6 Å². The highest BCUT2D eigenvalue weighted by molar-refractivity contribution is 5.95. The second-order valence-corrected chi connectivity index (χ2v) is 10.2. The second-order valence-electron chi connectivity index (χ2n) is 10.2. The number of rotatable bonds is 19. The monoisotopic (exact) mass is 531 g/mol. The van der Waals surface area contributed by atoms with Crippen molar-refractivity contribution in [3.63, 3.8) is 0 Å². The lowest BCUT2D eigenvalue weighted by atomic mass is 9.83. The first kappa shape index (κ1) is 34.9. The number of carboxylic acids is 1. The van der Waals surface area contributed by atoms with Gasteiger partial charge in [0.05, 0.1) is 30.7 Å². The smallest absolute Gasteiger partial charge is 0.348 e. The largest absolute Gasteiger partial charge is 0.478 e. The minimum Gasteiger partial charge on any atom is -0.478 e. The number of amides is 1. The first-order valence-electron chi connectivity index (χ1n) is 13.1. The van der Waals surface area contributed by atoms with Crippen molar-refractivity contribution in [2.45, 2.75) is 115 Å². The summed E-state index contributed by atoms with van der Waals surface area (Å²) in [6, 6.07) is -2.36.